The summed E-state index contributed by atoms with van der Waals surface area (Å²) in [5.41, 5.74) is 2.79. The zero-order valence-electron chi connectivity index (χ0n) is 10.1. The van der Waals surface area contributed by atoms with Crippen LogP contribution in [-0.4, -0.2) is 16.1 Å². The lowest BCUT2D eigenvalue weighted by molar-refractivity contribution is 0.0697. The van der Waals surface area contributed by atoms with Crippen molar-refractivity contribution in [3.05, 3.63) is 53.9 Å². The summed E-state index contributed by atoms with van der Waals surface area (Å²) >= 11 is 0. The maximum Gasteiger partial charge on any atom is 0.339 e. The van der Waals surface area contributed by atoms with E-state index in [4.69, 9.17) is 5.11 Å². The van der Waals surface area contributed by atoms with Crippen molar-refractivity contribution in [2.45, 2.75) is 13.3 Å². The monoisotopic (exact) mass is 242 g/mol. The summed E-state index contributed by atoms with van der Waals surface area (Å²) in [6, 6.07) is 9.50. The van der Waals surface area contributed by atoms with Gasteiger partial charge in [0.25, 0.3) is 0 Å². The molecule has 0 radical (unpaired) electrons. The van der Waals surface area contributed by atoms with Crippen molar-refractivity contribution in [2.75, 3.05) is 5.32 Å². The first-order valence-electron chi connectivity index (χ1n) is 5.74. The van der Waals surface area contributed by atoms with E-state index < -0.39 is 5.97 Å². The first-order valence-corrected chi connectivity index (χ1v) is 5.74. The molecule has 1 aromatic carbocycles. The second-order valence-corrected chi connectivity index (χ2v) is 3.86. The number of pyridine rings is 1. The number of carbonyl (C=O) groups is 1. The number of carboxylic acid groups (broad SMARTS) is 1. The number of anilines is 2. The van der Waals surface area contributed by atoms with Crippen molar-refractivity contribution in [2.24, 2.45) is 0 Å². The van der Waals surface area contributed by atoms with E-state index in [-0.39, 0.29) is 5.56 Å². The van der Waals surface area contributed by atoms with Gasteiger partial charge in [-0.25, -0.2) is 4.79 Å². The average Bonchev–Trinajstić information content (AvgIpc) is 2.40. The molecule has 2 aromatic rings. The van der Waals surface area contributed by atoms with E-state index in [0.29, 0.717) is 5.69 Å². The van der Waals surface area contributed by atoms with Gasteiger partial charge < -0.3 is 10.4 Å². The predicted molar refractivity (Wildman–Crippen MR) is 70.3 cm³/mol. The lowest BCUT2D eigenvalue weighted by Gasteiger charge is -2.12. The minimum atomic E-state index is -0.987. The van der Waals surface area contributed by atoms with Crippen molar-refractivity contribution >= 4 is 17.3 Å². The van der Waals surface area contributed by atoms with E-state index in [2.05, 4.69) is 17.2 Å². The number of para-hydroxylation sites is 1. The molecule has 0 aliphatic heterocycles. The van der Waals surface area contributed by atoms with Crippen LogP contribution in [0.4, 0.5) is 11.4 Å². The first-order chi connectivity index (χ1) is 8.72. The number of aryl methyl sites for hydroxylation is 1. The molecule has 2 N–H and O–H groups in total. The van der Waals surface area contributed by atoms with Gasteiger partial charge in [-0.05, 0) is 24.1 Å². The average molecular weight is 242 g/mol. The summed E-state index contributed by atoms with van der Waals surface area (Å²) in [5, 5.41) is 12.2. The van der Waals surface area contributed by atoms with E-state index in [1.54, 1.807) is 12.3 Å². The van der Waals surface area contributed by atoms with Gasteiger partial charge in [-0.3, -0.25) is 4.98 Å². The Balaban J connectivity index is 2.37. The normalized spacial score (nSPS) is 10.1. The highest BCUT2D eigenvalue weighted by Gasteiger charge is 2.10. The SMILES string of the molecule is CCc1ccccc1Nc1ccncc1C(=O)O. The van der Waals surface area contributed by atoms with Gasteiger partial charge in [-0.2, -0.15) is 0 Å². The Morgan fingerprint density at radius 1 is 1.28 bits per heavy atom. The third-order valence-electron chi connectivity index (χ3n) is 2.72. The molecule has 1 heterocycles. The molecule has 0 atom stereocenters. The number of nitrogens with zero attached hydrogens (tertiary/aromatic N) is 1. The highest BCUT2D eigenvalue weighted by molar-refractivity contribution is 5.94. The van der Waals surface area contributed by atoms with Crippen LogP contribution >= 0.6 is 0 Å². The van der Waals surface area contributed by atoms with Crippen LogP contribution in [0.2, 0.25) is 0 Å². The Bertz CT molecular complexity index is 567. The van der Waals surface area contributed by atoms with Gasteiger partial charge in [0.05, 0.1) is 5.69 Å². The third kappa shape index (κ3) is 2.48. The molecule has 0 aliphatic rings. The quantitative estimate of drug-likeness (QED) is 0.864. The number of hydrogen-bond donors (Lipinski definition) is 2. The standard InChI is InChI=1S/C14H14N2O2/c1-2-10-5-3-4-6-12(10)16-13-7-8-15-9-11(13)14(17)18/h3-9H,2H2,1H3,(H,15,16)(H,17,18). The topological polar surface area (TPSA) is 62.2 Å². The van der Waals surface area contributed by atoms with Crippen molar-refractivity contribution < 1.29 is 9.90 Å². The summed E-state index contributed by atoms with van der Waals surface area (Å²) in [7, 11) is 0. The molecule has 0 saturated carbocycles. The maximum absolute atomic E-state index is 11.1. The van der Waals surface area contributed by atoms with E-state index in [9.17, 15) is 4.79 Å². The molecule has 0 unspecified atom stereocenters. The van der Waals surface area contributed by atoms with Gasteiger partial charge in [-0.1, -0.05) is 25.1 Å². The van der Waals surface area contributed by atoms with Gasteiger partial charge >= 0.3 is 5.97 Å². The number of aromatic nitrogens is 1. The molecule has 1 aromatic heterocycles. The Kier molecular flexibility index (Phi) is 3.57. The number of hydrogen-bond acceptors (Lipinski definition) is 3. The Labute approximate surface area is 105 Å². The van der Waals surface area contributed by atoms with Gasteiger partial charge in [0.15, 0.2) is 0 Å². The van der Waals surface area contributed by atoms with Crippen LogP contribution in [0.25, 0.3) is 0 Å². The van der Waals surface area contributed by atoms with Crippen LogP contribution in [0.1, 0.15) is 22.8 Å². The maximum atomic E-state index is 11.1. The summed E-state index contributed by atoms with van der Waals surface area (Å²) in [5.74, 6) is -0.987. The van der Waals surface area contributed by atoms with Gasteiger partial charge in [0.1, 0.15) is 5.56 Å². The molecular formula is C14H14N2O2. The second kappa shape index (κ2) is 5.31. The van der Waals surface area contributed by atoms with E-state index in [1.807, 2.05) is 24.3 Å². The molecular weight excluding hydrogens is 228 g/mol. The van der Waals surface area contributed by atoms with Crippen molar-refractivity contribution in [3.8, 4) is 0 Å². The first kappa shape index (κ1) is 12.1. The molecule has 0 fully saturated rings. The Morgan fingerprint density at radius 3 is 2.78 bits per heavy atom. The molecule has 0 bridgehead atoms. The minimum Gasteiger partial charge on any atom is -0.478 e. The van der Waals surface area contributed by atoms with Crippen LogP contribution in [-0.2, 0) is 6.42 Å². The number of aromatic carboxylic acids is 1. The van der Waals surface area contributed by atoms with Gasteiger partial charge in [0, 0.05) is 18.1 Å². The third-order valence-corrected chi connectivity index (χ3v) is 2.72. The van der Waals surface area contributed by atoms with Crippen molar-refractivity contribution in [1.82, 2.24) is 4.98 Å². The molecule has 0 saturated heterocycles. The lowest BCUT2D eigenvalue weighted by Crippen LogP contribution is -2.04. The summed E-state index contributed by atoms with van der Waals surface area (Å²) in [6.45, 7) is 2.06. The van der Waals surface area contributed by atoms with Crippen LogP contribution < -0.4 is 5.32 Å². The van der Waals surface area contributed by atoms with Crippen LogP contribution in [0.5, 0.6) is 0 Å². The smallest absolute Gasteiger partial charge is 0.339 e. The molecule has 0 spiro atoms. The Morgan fingerprint density at radius 2 is 2.06 bits per heavy atom. The van der Waals surface area contributed by atoms with Crippen LogP contribution in [0, 0.1) is 0 Å². The fourth-order valence-electron chi connectivity index (χ4n) is 1.77. The van der Waals surface area contributed by atoms with E-state index in [0.717, 1.165) is 17.7 Å². The molecule has 0 amide bonds. The van der Waals surface area contributed by atoms with E-state index >= 15 is 0 Å². The molecule has 18 heavy (non-hydrogen) atoms. The molecule has 4 nitrogen and oxygen atoms in total. The highest BCUT2D eigenvalue weighted by atomic mass is 16.4. The van der Waals surface area contributed by atoms with Crippen molar-refractivity contribution in [1.29, 1.82) is 0 Å². The van der Waals surface area contributed by atoms with Gasteiger partial charge in [-0.15, -0.1) is 0 Å². The van der Waals surface area contributed by atoms with E-state index in [1.165, 1.54) is 6.20 Å². The second-order valence-electron chi connectivity index (χ2n) is 3.86. The molecule has 92 valence electrons. The number of rotatable bonds is 4. The molecule has 2 rings (SSSR count). The zero-order valence-corrected chi connectivity index (χ0v) is 10.1. The summed E-state index contributed by atoms with van der Waals surface area (Å²) in [4.78, 5) is 14.9. The summed E-state index contributed by atoms with van der Waals surface area (Å²) in [6.07, 6.45) is 3.80. The number of benzene rings is 1. The predicted octanol–water partition coefficient (Wildman–Crippen LogP) is 3.09. The summed E-state index contributed by atoms with van der Waals surface area (Å²) < 4.78 is 0. The van der Waals surface area contributed by atoms with Crippen LogP contribution in [0.15, 0.2) is 42.7 Å². The lowest BCUT2D eigenvalue weighted by atomic mass is 10.1. The highest BCUT2D eigenvalue weighted by Crippen LogP contribution is 2.23. The number of nitrogens with one attached hydrogen (secondary N) is 1. The van der Waals surface area contributed by atoms with Gasteiger partial charge in [0.2, 0.25) is 0 Å². The minimum absolute atomic E-state index is 0.170. The Hall–Kier alpha value is -2.36. The fraction of sp³-hybridized carbons (Fsp3) is 0.143. The molecule has 4 heteroatoms. The van der Waals surface area contributed by atoms with Crippen LogP contribution in [0.3, 0.4) is 0 Å². The zero-order chi connectivity index (χ0) is 13.0. The number of carboxylic acids is 1. The van der Waals surface area contributed by atoms with Crippen molar-refractivity contribution in [3.63, 3.8) is 0 Å². The molecule has 0 aliphatic carbocycles. The largest absolute Gasteiger partial charge is 0.478 e. The fourth-order valence-corrected chi connectivity index (χ4v) is 1.77.